The summed E-state index contributed by atoms with van der Waals surface area (Å²) in [6, 6.07) is 9.92. The first-order valence-corrected chi connectivity index (χ1v) is 13.5. The third kappa shape index (κ3) is 3.89. The van der Waals surface area contributed by atoms with Crippen molar-refractivity contribution in [2.45, 2.75) is 25.7 Å². The molecule has 2 aromatic rings. The van der Waals surface area contributed by atoms with E-state index in [1.54, 1.807) is 37.3 Å². The number of phenolic OH excluding ortho intramolecular Hbond substituents is 1. The standard InChI is InChI=1S/C33H29NO7/c1-5-17-6-8-18(9-7-17)34-32(38)21-11-10-20-22(27(21)33(34)39)15-23-24(36)12-16(2)31(37)29(23)28(20)30-25(40-3)13-19(35)14-26(30)41-4/h5-10,12-14,21-22,27-28,35H,1,11,15H2,2-4H3. The fourth-order valence-corrected chi connectivity index (χ4v) is 6.92. The molecule has 0 spiro atoms. The van der Waals surface area contributed by atoms with Crippen molar-refractivity contribution in [2.75, 3.05) is 19.1 Å². The number of anilines is 1. The van der Waals surface area contributed by atoms with Gasteiger partial charge in [-0.15, -0.1) is 0 Å². The maximum atomic E-state index is 14.0. The normalized spacial score (nSPS) is 25.3. The van der Waals surface area contributed by atoms with Gasteiger partial charge in [-0.25, -0.2) is 0 Å². The molecule has 0 bridgehead atoms. The number of ether oxygens (including phenoxy) is 2. The molecule has 0 aromatic heterocycles. The molecule has 1 fully saturated rings. The van der Waals surface area contributed by atoms with Crippen LogP contribution in [0.4, 0.5) is 5.69 Å². The molecule has 2 amide bonds. The van der Waals surface area contributed by atoms with Crippen LogP contribution in [0.15, 0.2) is 77.4 Å². The Balaban J connectivity index is 1.52. The monoisotopic (exact) mass is 551 g/mol. The summed E-state index contributed by atoms with van der Waals surface area (Å²) in [6.07, 6.45) is 5.44. The van der Waals surface area contributed by atoms with Gasteiger partial charge in [0, 0.05) is 40.3 Å². The molecule has 1 saturated heterocycles. The van der Waals surface area contributed by atoms with Crippen LogP contribution < -0.4 is 14.4 Å². The van der Waals surface area contributed by atoms with E-state index >= 15 is 0 Å². The Morgan fingerprint density at radius 2 is 1.63 bits per heavy atom. The minimum absolute atomic E-state index is 0.0847. The molecule has 6 rings (SSSR count). The summed E-state index contributed by atoms with van der Waals surface area (Å²) in [5.74, 6) is -3.23. The number of allylic oxidation sites excluding steroid dienone is 6. The Hall–Kier alpha value is -4.72. The van der Waals surface area contributed by atoms with Gasteiger partial charge in [0.1, 0.15) is 17.2 Å². The molecule has 1 N–H and O–H groups in total. The van der Waals surface area contributed by atoms with E-state index in [0.717, 1.165) is 11.1 Å². The van der Waals surface area contributed by atoms with Crippen LogP contribution in [0.3, 0.4) is 0 Å². The molecule has 1 aliphatic heterocycles. The average molecular weight is 552 g/mol. The summed E-state index contributed by atoms with van der Waals surface area (Å²) in [6.45, 7) is 5.37. The van der Waals surface area contributed by atoms with Gasteiger partial charge in [-0.05, 0) is 49.5 Å². The Morgan fingerprint density at radius 1 is 0.976 bits per heavy atom. The predicted octanol–water partition coefficient (Wildman–Crippen LogP) is 4.69. The van der Waals surface area contributed by atoms with Gasteiger partial charge < -0.3 is 14.6 Å². The molecule has 0 radical (unpaired) electrons. The number of carbonyl (C=O) groups excluding carboxylic acids is 4. The van der Waals surface area contributed by atoms with Crippen LogP contribution in [-0.4, -0.2) is 42.7 Å². The lowest BCUT2D eigenvalue weighted by molar-refractivity contribution is -0.123. The van der Waals surface area contributed by atoms with Gasteiger partial charge in [-0.1, -0.05) is 36.4 Å². The minimum Gasteiger partial charge on any atom is -0.508 e. The number of amides is 2. The molecule has 8 nitrogen and oxygen atoms in total. The van der Waals surface area contributed by atoms with Gasteiger partial charge in [0.05, 0.1) is 31.7 Å². The van der Waals surface area contributed by atoms with Crippen LogP contribution in [0.1, 0.15) is 36.8 Å². The largest absolute Gasteiger partial charge is 0.508 e. The summed E-state index contributed by atoms with van der Waals surface area (Å²) >= 11 is 0. The maximum absolute atomic E-state index is 14.0. The number of Topliss-reactive ketones (excluding diaryl/α,β-unsaturated/α-hetero) is 1. The first-order valence-electron chi connectivity index (χ1n) is 13.5. The number of carbonyl (C=O) groups is 4. The van der Waals surface area contributed by atoms with Gasteiger partial charge in [-0.3, -0.25) is 24.1 Å². The van der Waals surface area contributed by atoms with E-state index in [-0.39, 0.29) is 47.1 Å². The smallest absolute Gasteiger partial charge is 0.238 e. The van der Waals surface area contributed by atoms with Crippen molar-refractivity contribution in [3.63, 3.8) is 0 Å². The second-order valence-electron chi connectivity index (χ2n) is 10.8. The highest BCUT2D eigenvalue weighted by Crippen LogP contribution is 2.58. The lowest BCUT2D eigenvalue weighted by Gasteiger charge is -2.42. The van der Waals surface area contributed by atoms with Gasteiger partial charge in [0.25, 0.3) is 0 Å². The highest BCUT2D eigenvalue weighted by atomic mass is 16.5. The van der Waals surface area contributed by atoms with Gasteiger partial charge in [-0.2, -0.15) is 0 Å². The molecular formula is C33H29NO7. The molecule has 4 aliphatic rings. The molecule has 2 aromatic carbocycles. The molecule has 41 heavy (non-hydrogen) atoms. The molecule has 0 saturated carbocycles. The summed E-state index contributed by atoms with van der Waals surface area (Å²) in [5.41, 5.74) is 3.59. The van der Waals surface area contributed by atoms with Crippen LogP contribution in [-0.2, 0) is 19.2 Å². The predicted molar refractivity (Wildman–Crippen MR) is 152 cm³/mol. The van der Waals surface area contributed by atoms with Crippen molar-refractivity contribution < 1.29 is 33.8 Å². The van der Waals surface area contributed by atoms with Crippen molar-refractivity contribution in [3.8, 4) is 17.2 Å². The second kappa shape index (κ2) is 9.73. The fourth-order valence-electron chi connectivity index (χ4n) is 6.92. The number of benzene rings is 2. The number of ketones is 2. The van der Waals surface area contributed by atoms with E-state index < -0.39 is 23.7 Å². The summed E-state index contributed by atoms with van der Waals surface area (Å²) in [5, 5.41) is 10.3. The van der Waals surface area contributed by atoms with E-state index in [9.17, 15) is 24.3 Å². The SMILES string of the molecule is C=Cc1ccc(N2C(=O)C3CC=C4C(c5c(OC)cc(O)cc5OC)C5=C(CC4C3C2=O)C(=O)C=C(C)C5=O)cc1. The van der Waals surface area contributed by atoms with Crippen molar-refractivity contribution in [1.29, 1.82) is 0 Å². The van der Waals surface area contributed by atoms with Crippen molar-refractivity contribution in [1.82, 2.24) is 0 Å². The number of aromatic hydroxyl groups is 1. The summed E-state index contributed by atoms with van der Waals surface area (Å²) in [4.78, 5) is 56.0. The van der Waals surface area contributed by atoms with E-state index in [1.807, 2.05) is 6.08 Å². The number of hydrogen-bond acceptors (Lipinski definition) is 7. The number of rotatable bonds is 5. The molecular weight excluding hydrogens is 522 g/mol. The van der Waals surface area contributed by atoms with E-state index in [0.29, 0.717) is 34.4 Å². The van der Waals surface area contributed by atoms with Crippen molar-refractivity contribution in [2.24, 2.45) is 17.8 Å². The van der Waals surface area contributed by atoms with Gasteiger partial charge in [0.2, 0.25) is 11.8 Å². The van der Waals surface area contributed by atoms with Gasteiger partial charge >= 0.3 is 0 Å². The van der Waals surface area contributed by atoms with Gasteiger partial charge in [0.15, 0.2) is 11.6 Å². The molecule has 1 heterocycles. The fraction of sp³-hybridized carbons (Fsp3) is 0.273. The first-order chi connectivity index (χ1) is 19.7. The number of fused-ring (bicyclic) bond motifs is 3. The highest BCUT2D eigenvalue weighted by Gasteiger charge is 2.57. The summed E-state index contributed by atoms with van der Waals surface area (Å²) < 4.78 is 11.3. The maximum Gasteiger partial charge on any atom is 0.238 e. The van der Waals surface area contributed by atoms with Crippen LogP contribution in [0.5, 0.6) is 17.2 Å². The molecule has 3 aliphatic carbocycles. The van der Waals surface area contributed by atoms with E-state index in [1.165, 1.54) is 37.3 Å². The molecule has 8 heteroatoms. The molecule has 208 valence electrons. The minimum atomic E-state index is -0.765. The average Bonchev–Trinajstić information content (AvgIpc) is 3.23. The number of hydrogen-bond donors (Lipinski definition) is 1. The molecule has 4 unspecified atom stereocenters. The van der Waals surface area contributed by atoms with E-state index in [2.05, 4.69) is 6.58 Å². The van der Waals surface area contributed by atoms with Crippen molar-refractivity contribution in [3.05, 3.63) is 88.5 Å². The van der Waals surface area contributed by atoms with Crippen LogP contribution in [0.25, 0.3) is 6.08 Å². The first kappa shape index (κ1) is 26.5. The number of phenols is 1. The quantitative estimate of drug-likeness (QED) is 0.326. The van der Waals surface area contributed by atoms with Crippen LogP contribution >= 0.6 is 0 Å². The Morgan fingerprint density at radius 3 is 2.24 bits per heavy atom. The third-order valence-electron chi connectivity index (χ3n) is 8.77. The Labute approximate surface area is 237 Å². The molecule has 4 atom stereocenters. The van der Waals surface area contributed by atoms with Crippen LogP contribution in [0, 0.1) is 17.8 Å². The number of nitrogens with zero attached hydrogens (tertiary/aromatic N) is 1. The highest BCUT2D eigenvalue weighted by molar-refractivity contribution is 6.25. The topological polar surface area (TPSA) is 110 Å². The zero-order valence-electron chi connectivity index (χ0n) is 23.0. The number of imide groups is 1. The van der Waals surface area contributed by atoms with Crippen molar-refractivity contribution >= 4 is 35.1 Å². The zero-order chi connectivity index (χ0) is 29.2. The lowest BCUT2D eigenvalue weighted by atomic mass is 9.59. The summed E-state index contributed by atoms with van der Waals surface area (Å²) in [7, 11) is 2.90. The zero-order valence-corrected chi connectivity index (χ0v) is 23.0. The van der Waals surface area contributed by atoms with Crippen LogP contribution in [0.2, 0.25) is 0 Å². The third-order valence-corrected chi connectivity index (χ3v) is 8.77. The number of methoxy groups -OCH3 is 2. The second-order valence-corrected chi connectivity index (χ2v) is 10.8. The van der Waals surface area contributed by atoms with E-state index in [4.69, 9.17) is 9.47 Å². The Bertz CT molecular complexity index is 1620. The lowest BCUT2D eigenvalue weighted by Crippen LogP contribution is -2.40. The Kier molecular flexibility index (Phi) is 6.29.